The summed E-state index contributed by atoms with van der Waals surface area (Å²) < 4.78 is 31.8. The number of nitrogens with zero attached hydrogens (tertiary/aromatic N) is 2. The van der Waals surface area contributed by atoms with Crippen LogP contribution in [0.2, 0.25) is 0 Å². The number of carbonyl (C=O) groups is 1. The van der Waals surface area contributed by atoms with E-state index in [0.717, 1.165) is 15.8 Å². The number of halogens is 3. The lowest BCUT2D eigenvalue weighted by Gasteiger charge is -2.27. The molecule has 0 aliphatic carbocycles. The Morgan fingerprint density at radius 2 is 2.19 bits per heavy atom. The number of rotatable bonds is 4. The van der Waals surface area contributed by atoms with Crippen molar-refractivity contribution in [2.75, 3.05) is 13.1 Å². The molecule has 0 bridgehead atoms. The fourth-order valence-electron chi connectivity index (χ4n) is 4.04. The van der Waals surface area contributed by atoms with Gasteiger partial charge in [-0.05, 0) is 42.8 Å². The summed E-state index contributed by atoms with van der Waals surface area (Å²) >= 11 is 1.56. The molecule has 1 fully saturated rings. The minimum Gasteiger partial charge on any atom is -0.346 e. The van der Waals surface area contributed by atoms with Gasteiger partial charge in [0.05, 0.1) is 32.8 Å². The Bertz CT molecular complexity index is 1240. The van der Waals surface area contributed by atoms with Gasteiger partial charge in [0.15, 0.2) is 0 Å². The monoisotopic (exact) mass is 462 g/mol. The molecular weight excluding hydrogens is 442 g/mol. The van der Waals surface area contributed by atoms with Crippen LogP contribution in [0.3, 0.4) is 0 Å². The van der Waals surface area contributed by atoms with Gasteiger partial charge in [-0.2, -0.15) is 0 Å². The lowest BCUT2D eigenvalue weighted by Crippen LogP contribution is -2.50. The third-order valence-corrected chi connectivity index (χ3v) is 6.36. The number of aromatic nitrogens is 2. The molecule has 4 aromatic rings. The van der Waals surface area contributed by atoms with Crippen molar-refractivity contribution in [1.29, 1.82) is 0 Å². The third-order valence-electron chi connectivity index (χ3n) is 5.57. The van der Waals surface area contributed by atoms with Crippen molar-refractivity contribution in [3.05, 3.63) is 65.0 Å². The minimum atomic E-state index is -1.16. The summed E-state index contributed by atoms with van der Waals surface area (Å²) in [5.41, 5.74) is 4.63. The van der Waals surface area contributed by atoms with E-state index in [9.17, 15) is 13.6 Å². The molecule has 1 aliphatic heterocycles. The molecule has 1 saturated heterocycles. The summed E-state index contributed by atoms with van der Waals surface area (Å²) in [6.07, 6.45) is 1.00. The third kappa shape index (κ3) is 4.15. The molecule has 5 rings (SSSR count). The van der Waals surface area contributed by atoms with Crippen molar-refractivity contribution in [2.24, 2.45) is 0 Å². The largest absolute Gasteiger partial charge is 0.346 e. The Kier molecular flexibility index (Phi) is 6.22. The smallest absolute Gasteiger partial charge is 0.253 e. The van der Waals surface area contributed by atoms with E-state index in [4.69, 9.17) is 0 Å². The average molecular weight is 463 g/mol. The summed E-state index contributed by atoms with van der Waals surface area (Å²) in [5, 5.41) is 5.99. The van der Waals surface area contributed by atoms with Crippen molar-refractivity contribution < 1.29 is 13.6 Å². The number of amides is 1. The van der Waals surface area contributed by atoms with Crippen LogP contribution in [0.15, 0.2) is 48.1 Å². The first-order chi connectivity index (χ1) is 14.6. The number of hydrogen-bond acceptors (Lipinski definition) is 4. The standard InChI is InChI=1S/C22H20F2N4OS.ClH/c23-15-2-1-3-19-21(15)14(22(29)27-17-6-7-25-9-16(17)24)11-28(19)10-13-4-5-18-20(8-13)30-12-26-18;/h1-5,8,11-12,16-17,25H,6-7,9-10H2,(H,27,29);1H/t16-,17+;/m1./s1. The quantitative estimate of drug-likeness (QED) is 0.475. The van der Waals surface area contributed by atoms with Gasteiger partial charge in [-0.25, -0.2) is 13.8 Å². The van der Waals surface area contributed by atoms with Crippen LogP contribution in [0.4, 0.5) is 8.78 Å². The number of hydrogen-bond donors (Lipinski definition) is 2. The summed E-state index contributed by atoms with van der Waals surface area (Å²) in [6.45, 7) is 1.34. The van der Waals surface area contributed by atoms with E-state index in [2.05, 4.69) is 21.7 Å². The molecule has 0 spiro atoms. The minimum absolute atomic E-state index is 0. The molecule has 0 saturated carbocycles. The topological polar surface area (TPSA) is 59.0 Å². The molecule has 2 aromatic carbocycles. The van der Waals surface area contributed by atoms with Crippen molar-refractivity contribution >= 4 is 50.8 Å². The van der Waals surface area contributed by atoms with Gasteiger partial charge < -0.3 is 15.2 Å². The van der Waals surface area contributed by atoms with Gasteiger partial charge in [-0.15, -0.1) is 23.7 Å². The Labute approximate surface area is 187 Å². The molecule has 0 unspecified atom stereocenters. The number of thiazole rings is 1. The highest BCUT2D eigenvalue weighted by Gasteiger charge is 2.28. The highest BCUT2D eigenvalue weighted by Crippen LogP contribution is 2.27. The predicted octanol–water partition coefficient (Wildman–Crippen LogP) is 4.29. The van der Waals surface area contributed by atoms with Crippen molar-refractivity contribution in [2.45, 2.75) is 25.2 Å². The molecule has 2 aromatic heterocycles. The van der Waals surface area contributed by atoms with Crippen LogP contribution in [-0.4, -0.2) is 40.8 Å². The van der Waals surface area contributed by atoms with Gasteiger partial charge in [0.1, 0.15) is 12.0 Å². The second kappa shape index (κ2) is 8.90. The lowest BCUT2D eigenvalue weighted by molar-refractivity contribution is 0.0893. The first kappa shape index (κ1) is 21.7. The molecule has 2 N–H and O–H groups in total. The van der Waals surface area contributed by atoms with E-state index >= 15 is 0 Å². The first-order valence-corrected chi connectivity index (χ1v) is 10.7. The van der Waals surface area contributed by atoms with Crippen LogP contribution < -0.4 is 10.6 Å². The van der Waals surface area contributed by atoms with Crippen LogP contribution in [0.5, 0.6) is 0 Å². The molecule has 0 radical (unpaired) electrons. The van der Waals surface area contributed by atoms with Crippen LogP contribution in [0.1, 0.15) is 22.3 Å². The molecule has 9 heteroatoms. The highest BCUT2D eigenvalue weighted by molar-refractivity contribution is 7.16. The zero-order chi connectivity index (χ0) is 20.7. The van der Waals surface area contributed by atoms with Crippen LogP contribution in [-0.2, 0) is 6.54 Å². The Morgan fingerprint density at radius 1 is 1.32 bits per heavy atom. The number of benzene rings is 2. The second-order valence-corrected chi connectivity index (χ2v) is 8.43. The number of alkyl halides is 1. The van der Waals surface area contributed by atoms with Gasteiger partial charge >= 0.3 is 0 Å². The highest BCUT2D eigenvalue weighted by atomic mass is 35.5. The van der Waals surface area contributed by atoms with E-state index in [1.807, 2.05) is 16.7 Å². The van der Waals surface area contributed by atoms with E-state index in [1.54, 1.807) is 35.2 Å². The van der Waals surface area contributed by atoms with Gasteiger partial charge in [-0.3, -0.25) is 4.79 Å². The number of fused-ring (bicyclic) bond motifs is 2. The van der Waals surface area contributed by atoms with Crippen LogP contribution in [0.25, 0.3) is 21.1 Å². The molecule has 162 valence electrons. The van der Waals surface area contributed by atoms with Crippen molar-refractivity contribution in [3.8, 4) is 0 Å². The van der Waals surface area contributed by atoms with Gasteiger partial charge in [-0.1, -0.05) is 12.1 Å². The van der Waals surface area contributed by atoms with Gasteiger partial charge in [0.2, 0.25) is 0 Å². The summed E-state index contributed by atoms with van der Waals surface area (Å²) in [4.78, 5) is 17.2. The Hall–Kier alpha value is -2.55. The van der Waals surface area contributed by atoms with E-state index < -0.39 is 23.9 Å². The number of carbonyl (C=O) groups excluding carboxylic acids is 1. The Balaban J connectivity index is 0.00000231. The van der Waals surface area contributed by atoms with Crippen LogP contribution >= 0.6 is 23.7 Å². The van der Waals surface area contributed by atoms with Gasteiger partial charge in [0.25, 0.3) is 5.91 Å². The van der Waals surface area contributed by atoms with E-state index in [1.165, 1.54) is 6.07 Å². The molecular formula is C22H21ClF2N4OS. The fraction of sp³-hybridized carbons (Fsp3) is 0.273. The van der Waals surface area contributed by atoms with Crippen molar-refractivity contribution in [3.63, 3.8) is 0 Å². The van der Waals surface area contributed by atoms with E-state index in [-0.39, 0.29) is 29.9 Å². The lowest BCUT2D eigenvalue weighted by atomic mass is 10.0. The fourth-order valence-corrected chi connectivity index (χ4v) is 4.78. The molecule has 31 heavy (non-hydrogen) atoms. The number of piperidine rings is 1. The summed E-state index contributed by atoms with van der Waals surface area (Å²) in [7, 11) is 0. The Morgan fingerprint density at radius 3 is 3.03 bits per heavy atom. The zero-order valence-corrected chi connectivity index (χ0v) is 18.1. The molecule has 2 atom stereocenters. The van der Waals surface area contributed by atoms with Crippen molar-refractivity contribution in [1.82, 2.24) is 20.2 Å². The SMILES string of the molecule is Cl.O=C(N[C@H]1CCNC[C@H]1F)c1cn(Cc2ccc3ncsc3c2)c2cccc(F)c12. The maximum atomic E-state index is 14.7. The summed E-state index contributed by atoms with van der Waals surface area (Å²) in [6, 6.07) is 10.2. The number of nitrogens with one attached hydrogen (secondary N) is 2. The average Bonchev–Trinajstić information content (AvgIpc) is 3.35. The van der Waals surface area contributed by atoms with E-state index in [0.29, 0.717) is 25.0 Å². The zero-order valence-electron chi connectivity index (χ0n) is 16.5. The van der Waals surface area contributed by atoms with Crippen LogP contribution in [0, 0.1) is 5.82 Å². The predicted molar refractivity (Wildman–Crippen MR) is 122 cm³/mol. The first-order valence-electron chi connectivity index (χ1n) is 9.85. The molecule has 5 nitrogen and oxygen atoms in total. The molecule has 1 amide bonds. The molecule has 3 heterocycles. The maximum absolute atomic E-state index is 14.7. The second-order valence-electron chi connectivity index (χ2n) is 7.55. The normalized spacial score (nSPS) is 18.8. The van der Waals surface area contributed by atoms with Gasteiger partial charge in [0, 0.05) is 24.7 Å². The molecule has 1 aliphatic rings. The summed E-state index contributed by atoms with van der Waals surface area (Å²) in [5.74, 6) is -0.910. The maximum Gasteiger partial charge on any atom is 0.253 e.